The van der Waals surface area contributed by atoms with Crippen LogP contribution in [0.1, 0.15) is 17.3 Å². The number of halogens is 1. The van der Waals surface area contributed by atoms with Crippen LogP contribution < -0.4 is 4.31 Å². The van der Waals surface area contributed by atoms with Crippen molar-refractivity contribution in [2.24, 2.45) is 0 Å². The first-order valence-electron chi connectivity index (χ1n) is 9.11. The quantitative estimate of drug-likeness (QED) is 0.432. The number of rotatable bonds is 9. The van der Waals surface area contributed by atoms with Crippen LogP contribution in [-0.4, -0.2) is 51.9 Å². The molecule has 7 nitrogen and oxygen atoms in total. The first-order chi connectivity index (χ1) is 14.2. The highest BCUT2D eigenvalue weighted by atomic mass is 35.5. The lowest BCUT2D eigenvalue weighted by Gasteiger charge is -2.24. The molecular formula is C21H23ClN2O5S. The van der Waals surface area contributed by atoms with Gasteiger partial charge >= 0.3 is 5.97 Å². The summed E-state index contributed by atoms with van der Waals surface area (Å²) >= 11 is 6.19. The molecule has 0 aromatic heterocycles. The molecule has 0 aliphatic rings. The predicted molar refractivity (Wildman–Crippen MR) is 116 cm³/mol. The summed E-state index contributed by atoms with van der Waals surface area (Å²) in [4.78, 5) is 25.3. The molecule has 0 atom stereocenters. The minimum absolute atomic E-state index is 0.0175. The average molecular weight is 451 g/mol. The van der Waals surface area contributed by atoms with Gasteiger partial charge in [0, 0.05) is 12.6 Å². The standard InChI is InChI=1S/C21H23ClN2O5S/c1-4-13-24(17-9-7-6-8-10-17)30(27,28)19-14-16(11-12-18(19)22)21(26)23(3)15-20(25)29-5-2/h4,6-12,14H,1,5,13,15H2,2-3H3. The van der Waals surface area contributed by atoms with Gasteiger partial charge in [0.05, 0.1) is 23.9 Å². The topological polar surface area (TPSA) is 84.0 Å². The van der Waals surface area contributed by atoms with E-state index in [1.807, 2.05) is 0 Å². The average Bonchev–Trinajstić information content (AvgIpc) is 2.72. The van der Waals surface area contributed by atoms with Crippen LogP contribution >= 0.6 is 11.6 Å². The molecule has 0 unspecified atom stereocenters. The van der Waals surface area contributed by atoms with E-state index >= 15 is 0 Å². The van der Waals surface area contributed by atoms with E-state index in [9.17, 15) is 18.0 Å². The van der Waals surface area contributed by atoms with Crippen LogP contribution in [0.5, 0.6) is 0 Å². The van der Waals surface area contributed by atoms with Crippen molar-refractivity contribution in [3.63, 3.8) is 0 Å². The number of benzene rings is 2. The minimum Gasteiger partial charge on any atom is -0.465 e. The Morgan fingerprint density at radius 1 is 1.17 bits per heavy atom. The predicted octanol–water partition coefficient (Wildman–Crippen LogP) is 3.36. The van der Waals surface area contributed by atoms with Gasteiger partial charge in [0.1, 0.15) is 11.4 Å². The molecule has 2 aromatic rings. The maximum absolute atomic E-state index is 13.3. The maximum Gasteiger partial charge on any atom is 0.325 e. The zero-order valence-electron chi connectivity index (χ0n) is 16.7. The Balaban J connectivity index is 2.42. The van der Waals surface area contributed by atoms with Crippen LogP contribution in [-0.2, 0) is 19.6 Å². The second-order valence-corrected chi connectivity index (χ2v) is 8.51. The van der Waals surface area contributed by atoms with E-state index in [0.29, 0.717) is 5.69 Å². The van der Waals surface area contributed by atoms with Crippen LogP contribution in [0, 0.1) is 0 Å². The highest BCUT2D eigenvalue weighted by Gasteiger charge is 2.28. The molecule has 0 aliphatic heterocycles. The van der Waals surface area contributed by atoms with Crippen molar-refractivity contribution in [2.45, 2.75) is 11.8 Å². The molecule has 0 saturated heterocycles. The highest BCUT2D eigenvalue weighted by molar-refractivity contribution is 7.93. The Morgan fingerprint density at radius 2 is 1.83 bits per heavy atom. The van der Waals surface area contributed by atoms with E-state index in [1.165, 1.54) is 31.3 Å². The molecule has 0 spiro atoms. The molecule has 0 radical (unpaired) electrons. The highest BCUT2D eigenvalue weighted by Crippen LogP contribution is 2.29. The summed E-state index contributed by atoms with van der Waals surface area (Å²) in [6.45, 7) is 5.24. The smallest absolute Gasteiger partial charge is 0.325 e. The Labute approximate surface area is 181 Å². The molecule has 0 saturated carbocycles. The summed E-state index contributed by atoms with van der Waals surface area (Å²) in [7, 11) is -2.67. The lowest BCUT2D eigenvalue weighted by Crippen LogP contribution is -2.34. The molecule has 2 rings (SSSR count). The molecule has 30 heavy (non-hydrogen) atoms. The number of hydrogen-bond acceptors (Lipinski definition) is 5. The fourth-order valence-corrected chi connectivity index (χ4v) is 4.64. The van der Waals surface area contributed by atoms with E-state index in [2.05, 4.69) is 6.58 Å². The fourth-order valence-electron chi connectivity index (χ4n) is 2.70. The Kier molecular flexibility index (Phi) is 8.02. The van der Waals surface area contributed by atoms with E-state index < -0.39 is 21.9 Å². The SMILES string of the molecule is C=CCN(c1ccccc1)S(=O)(=O)c1cc(C(=O)N(C)CC(=O)OCC)ccc1Cl. The van der Waals surface area contributed by atoms with Gasteiger partial charge in [-0.2, -0.15) is 0 Å². The van der Waals surface area contributed by atoms with Gasteiger partial charge in [0.15, 0.2) is 0 Å². The first kappa shape index (κ1) is 23.4. The van der Waals surface area contributed by atoms with Gasteiger partial charge in [-0.3, -0.25) is 13.9 Å². The van der Waals surface area contributed by atoms with Crippen molar-refractivity contribution >= 4 is 39.2 Å². The molecule has 0 fully saturated rings. The number of sulfonamides is 1. The third-order valence-electron chi connectivity index (χ3n) is 4.10. The summed E-state index contributed by atoms with van der Waals surface area (Å²) < 4.78 is 32.7. The molecule has 0 heterocycles. The van der Waals surface area contributed by atoms with Crippen molar-refractivity contribution < 1.29 is 22.7 Å². The van der Waals surface area contributed by atoms with E-state index in [1.54, 1.807) is 37.3 Å². The number of hydrogen-bond donors (Lipinski definition) is 0. The minimum atomic E-state index is -4.09. The Morgan fingerprint density at radius 3 is 2.43 bits per heavy atom. The van der Waals surface area contributed by atoms with Crippen LogP contribution in [0.3, 0.4) is 0 Å². The third-order valence-corrected chi connectivity index (χ3v) is 6.38. The summed E-state index contributed by atoms with van der Waals surface area (Å²) in [6, 6.07) is 12.5. The normalized spacial score (nSPS) is 10.9. The number of para-hydroxylation sites is 1. The number of carbonyl (C=O) groups is 2. The molecule has 1 amide bonds. The second kappa shape index (κ2) is 10.3. The summed E-state index contributed by atoms with van der Waals surface area (Å²) in [5.74, 6) is -1.09. The van der Waals surface area contributed by atoms with Gasteiger partial charge < -0.3 is 9.64 Å². The van der Waals surface area contributed by atoms with Crippen molar-refractivity contribution in [3.8, 4) is 0 Å². The number of carbonyl (C=O) groups excluding carboxylic acids is 2. The van der Waals surface area contributed by atoms with Crippen LogP contribution in [0.25, 0.3) is 0 Å². The van der Waals surface area contributed by atoms with E-state index in [4.69, 9.17) is 16.3 Å². The maximum atomic E-state index is 13.3. The van der Waals surface area contributed by atoms with Gasteiger partial charge in [-0.1, -0.05) is 35.9 Å². The lowest BCUT2D eigenvalue weighted by atomic mass is 10.2. The Hall–Kier alpha value is -2.84. The van der Waals surface area contributed by atoms with Crippen molar-refractivity contribution in [1.29, 1.82) is 0 Å². The summed E-state index contributed by atoms with van der Waals surface area (Å²) in [6.07, 6.45) is 1.46. The number of nitrogens with zero attached hydrogens (tertiary/aromatic N) is 2. The van der Waals surface area contributed by atoms with Gasteiger partial charge in [-0.05, 0) is 37.3 Å². The van der Waals surface area contributed by atoms with Gasteiger partial charge in [0.2, 0.25) is 0 Å². The van der Waals surface area contributed by atoms with Crippen LogP contribution in [0.2, 0.25) is 5.02 Å². The monoisotopic (exact) mass is 450 g/mol. The molecule has 2 aromatic carbocycles. The summed E-state index contributed by atoms with van der Waals surface area (Å²) in [5, 5.41) is -0.0235. The van der Waals surface area contributed by atoms with E-state index in [-0.39, 0.29) is 35.2 Å². The molecule has 0 aliphatic carbocycles. The van der Waals surface area contributed by atoms with Gasteiger partial charge in [0.25, 0.3) is 15.9 Å². The van der Waals surface area contributed by atoms with Crippen LogP contribution in [0.4, 0.5) is 5.69 Å². The molecular weight excluding hydrogens is 428 g/mol. The number of anilines is 1. The first-order valence-corrected chi connectivity index (χ1v) is 10.9. The van der Waals surface area contributed by atoms with Gasteiger partial charge in [-0.25, -0.2) is 8.42 Å². The van der Waals surface area contributed by atoms with Crippen LogP contribution in [0.15, 0.2) is 66.1 Å². The second-order valence-electron chi connectivity index (χ2n) is 6.27. The number of likely N-dealkylation sites (N-methyl/N-ethyl adjacent to an activating group) is 1. The van der Waals surface area contributed by atoms with Crippen molar-refractivity contribution in [2.75, 3.05) is 31.0 Å². The number of amides is 1. The Bertz CT molecular complexity index is 1020. The lowest BCUT2D eigenvalue weighted by molar-refractivity contribution is -0.143. The zero-order chi connectivity index (χ0) is 22.3. The van der Waals surface area contributed by atoms with E-state index in [0.717, 1.165) is 9.21 Å². The third kappa shape index (κ3) is 5.40. The number of esters is 1. The molecule has 160 valence electrons. The molecule has 0 N–H and O–H groups in total. The fraction of sp³-hybridized carbons (Fsp3) is 0.238. The van der Waals surface area contributed by atoms with Crippen molar-refractivity contribution in [3.05, 3.63) is 71.8 Å². The van der Waals surface area contributed by atoms with Gasteiger partial charge in [-0.15, -0.1) is 6.58 Å². The zero-order valence-corrected chi connectivity index (χ0v) is 18.3. The van der Waals surface area contributed by atoms with Crippen molar-refractivity contribution in [1.82, 2.24) is 4.90 Å². The molecule has 0 bridgehead atoms. The number of ether oxygens (including phenoxy) is 1. The summed E-state index contributed by atoms with van der Waals surface area (Å²) in [5.41, 5.74) is 0.515. The molecule has 9 heteroatoms. The largest absolute Gasteiger partial charge is 0.465 e.